The Hall–Kier alpha value is -4.58. The number of ether oxygens (including phenoxy) is 2. The van der Waals surface area contributed by atoms with Crippen molar-refractivity contribution in [3.8, 4) is 28.5 Å². The van der Waals surface area contributed by atoms with Crippen molar-refractivity contribution >= 4 is 5.65 Å². The first-order valence-corrected chi connectivity index (χ1v) is 12.1. The molecule has 0 amide bonds. The molecule has 0 aliphatic heterocycles. The number of pyridine rings is 1. The average Bonchev–Trinajstić information content (AvgIpc) is 2.92. The second-order valence-electron chi connectivity index (χ2n) is 9.04. The minimum Gasteiger partial charge on any atom is -0.508 e. The normalized spacial score (nSPS) is 11.0. The van der Waals surface area contributed by atoms with Crippen molar-refractivity contribution < 1.29 is 19.0 Å². The number of hydrogen-bond acceptors (Lipinski definition) is 4. The molecule has 0 radical (unpaired) electrons. The number of phenols is 1. The molecule has 0 spiro atoms. The molecular formula is C31H29N2O4+. The number of aromatic hydroxyl groups is 1. The molecule has 2 heterocycles. The van der Waals surface area contributed by atoms with Crippen molar-refractivity contribution in [2.75, 3.05) is 7.11 Å². The van der Waals surface area contributed by atoms with E-state index in [0.717, 1.165) is 28.0 Å². The third-order valence-corrected chi connectivity index (χ3v) is 6.63. The second-order valence-corrected chi connectivity index (χ2v) is 9.04. The van der Waals surface area contributed by atoms with Gasteiger partial charge in [0.2, 0.25) is 0 Å². The molecular weight excluding hydrogens is 464 g/mol. The maximum atomic E-state index is 13.6. The number of aromatic nitrogens is 2. The summed E-state index contributed by atoms with van der Waals surface area (Å²) >= 11 is 0. The highest BCUT2D eigenvalue weighted by molar-refractivity contribution is 5.61. The predicted octanol–water partition coefficient (Wildman–Crippen LogP) is 5.21. The minimum atomic E-state index is -0.0758. The van der Waals surface area contributed by atoms with Crippen LogP contribution in [0.2, 0.25) is 0 Å². The summed E-state index contributed by atoms with van der Waals surface area (Å²) in [5.41, 5.74) is 6.19. The standard InChI is InChI=1S/C31H28N2O4/c1-21-8-4-5-9-25(21)20-37-27-16-11-23(18-28(27)36-3)19-33-29-10-6-7-17-32(29)30(22(2)31(33)35)24-12-14-26(34)15-13-24/h4-18H,19-20H2,1-3H3/p+1. The van der Waals surface area contributed by atoms with Crippen LogP contribution in [0.5, 0.6) is 17.2 Å². The lowest BCUT2D eigenvalue weighted by Crippen LogP contribution is -2.38. The Morgan fingerprint density at radius 2 is 1.65 bits per heavy atom. The van der Waals surface area contributed by atoms with E-state index >= 15 is 0 Å². The summed E-state index contributed by atoms with van der Waals surface area (Å²) in [6, 6.07) is 26.6. The van der Waals surface area contributed by atoms with Gasteiger partial charge in [0.15, 0.2) is 17.2 Å². The molecule has 186 valence electrons. The number of phenolic OH excluding ortho intramolecular Hbond substituents is 1. The molecule has 1 N–H and O–H groups in total. The van der Waals surface area contributed by atoms with Gasteiger partial charge in [0.1, 0.15) is 18.9 Å². The second kappa shape index (κ2) is 10.2. The molecule has 37 heavy (non-hydrogen) atoms. The lowest BCUT2D eigenvalue weighted by Gasteiger charge is -2.14. The number of methoxy groups -OCH3 is 1. The Morgan fingerprint density at radius 1 is 0.892 bits per heavy atom. The summed E-state index contributed by atoms with van der Waals surface area (Å²) in [4.78, 5) is 13.6. The molecule has 0 aliphatic rings. The van der Waals surface area contributed by atoms with Crippen LogP contribution in [-0.4, -0.2) is 16.8 Å². The maximum Gasteiger partial charge on any atom is 0.341 e. The Balaban J connectivity index is 1.51. The van der Waals surface area contributed by atoms with Crippen molar-refractivity contribution in [1.82, 2.24) is 4.57 Å². The van der Waals surface area contributed by atoms with Crippen LogP contribution in [0.25, 0.3) is 16.9 Å². The minimum absolute atomic E-state index is 0.0758. The molecule has 0 bridgehead atoms. The van der Waals surface area contributed by atoms with Gasteiger partial charge in [0.05, 0.1) is 18.9 Å². The molecule has 3 aromatic carbocycles. The third kappa shape index (κ3) is 4.78. The van der Waals surface area contributed by atoms with Gasteiger partial charge in [-0.3, -0.25) is 0 Å². The van der Waals surface area contributed by atoms with E-state index < -0.39 is 0 Å². The van der Waals surface area contributed by atoms with Crippen molar-refractivity contribution in [1.29, 1.82) is 0 Å². The molecule has 0 fully saturated rings. The van der Waals surface area contributed by atoms with Crippen LogP contribution in [-0.2, 0) is 13.2 Å². The third-order valence-electron chi connectivity index (χ3n) is 6.63. The number of benzene rings is 3. The highest BCUT2D eigenvalue weighted by atomic mass is 16.5. The van der Waals surface area contributed by atoms with E-state index in [2.05, 4.69) is 19.1 Å². The van der Waals surface area contributed by atoms with Gasteiger partial charge >= 0.3 is 5.56 Å². The monoisotopic (exact) mass is 493 g/mol. The Morgan fingerprint density at radius 3 is 2.41 bits per heavy atom. The van der Waals surface area contributed by atoms with Crippen molar-refractivity contribution in [3.05, 3.63) is 124 Å². The van der Waals surface area contributed by atoms with Crippen molar-refractivity contribution in [3.63, 3.8) is 0 Å². The van der Waals surface area contributed by atoms with Gasteiger partial charge in [-0.15, -0.1) is 0 Å². The number of rotatable bonds is 7. The van der Waals surface area contributed by atoms with E-state index in [-0.39, 0.29) is 11.3 Å². The predicted molar refractivity (Wildman–Crippen MR) is 143 cm³/mol. The van der Waals surface area contributed by atoms with Gasteiger partial charge < -0.3 is 14.6 Å². The molecule has 0 atom stereocenters. The van der Waals surface area contributed by atoms with E-state index in [4.69, 9.17) is 9.47 Å². The van der Waals surface area contributed by atoms with E-state index in [9.17, 15) is 9.90 Å². The lowest BCUT2D eigenvalue weighted by atomic mass is 10.1. The molecule has 0 unspecified atom stereocenters. The first-order valence-electron chi connectivity index (χ1n) is 12.1. The number of aryl methyl sites for hydroxylation is 1. The molecule has 5 rings (SSSR count). The van der Waals surface area contributed by atoms with Crippen LogP contribution in [0.3, 0.4) is 0 Å². The van der Waals surface area contributed by atoms with E-state index in [1.54, 1.807) is 23.8 Å². The SMILES string of the molecule is COc1cc(Cn2c(=O)c(C)c(-c3ccc(O)cc3)[n+]3ccccc23)ccc1OCc1ccccc1C. The fraction of sp³-hybridized carbons (Fsp3) is 0.161. The van der Waals surface area contributed by atoms with Crippen molar-refractivity contribution in [2.24, 2.45) is 0 Å². The van der Waals surface area contributed by atoms with Gasteiger partial charge in [-0.05, 0) is 73.0 Å². The molecule has 2 aromatic heterocycles. The Bertz CT molecular complexity index is 1640. The molecule has 5 aromatic rings. The van der Waals surface area contributed by atoms with Crippen molar-refractivity contribution in [2.45, 2.75) is 27.0 Å². The summed E-state index contributed by atoms with van der Waals surface area (Å²) < 4.78 is 15.5. The largest absolute Gasteiger partial charge is 0.508 e. The fourth-order valence-electron chi connectivity index (χ4n) is 4.60. The van der Waals surface area contributed by atoms with E-state index in [0.29, 0.717) is 30.2 Å². The molecule has 0 saturated carbocycles. The Labute approximate surface area is 215 Å². The summed E-state index contributed by atoms with van der Waals surface area (Å²) in [6.07, 6.45) is 1.95. The molecule has 0 aliphatic carbocycles. The zero-order chi connectivity index (χ0) is 25.9. The quantitative estimate of drug-likeness (QED) is 0.316. The lowest BCUT2D eigenvalue weighted by molar-refractivity contribution is -0.504. The summed E-state index contributed by atoms with van der Waals surface area (Å²) in [5.74, 6) is 1.46. The fourth-order valence-corrected chi connectivity index (χ4v) is 4.60. The summed E-state index contributed by atoms with van der Waals surface area (Å²) in [6.45, 7) is 4.72. The zero-order valence-corrected chi connectivity index (χ0v) is 21.1. The zero-order valence-electron chi connectivity index (χ0n) is 21.1. The van der Waals surface area contributed by atoms with Gasteiger partial charge in [-0.1, -0.05) is 36.4 Å². The number of hydrogen-bond donors (Lipinski definition) is 1. The van der Waals surface area contributed by atoms with Crippen LogP contribution >= 0.6 is 0 Å². The molecule has 6 heteroatoms. The maximum absolute atomic E-state index is 13.6. The number of nitrogens with zero attached hydrogens (tertiary/aromatic N) is 2. The van der Waals surface area contributed by atoms with Crippen LogP contribution in [0.4, 0.5) is 0 Å². The van der Waals surface area contributed by atoms with Gasteiger partial charge in [-0.2, -0.15) is 8.97 Å². The van der Waals surface area contributed by atoms with Gasteiger partial charge in [-0.25, -0.2) is 4.79 Å². The van der Waals surface area contributed by atoms with Crippen LogP contribution in [0.1, 0.15) is 22.3 Å². The van der Waals surface area contributed by atoms with Crippen LogP contribution in [0, 0.1) is 13.8 Å². The number of fused-ring (bicyclic) bond motifs is 1. The molecule has 0 saturated heterocycles. The van der Waals surface area contributed by atoms with Gasteiger partial charge in [0.25, 0.3) is 5.65 Å². The van der Waals surface area contributed by atoms with E-state index in [1.165, 1.54) is 5.56 Å². The van der Waals surface area contributed by atoms with E-state index in [1.807, 2.05) is 78.2 Å². The summed E-state index contributed by atoms with van der Waals surface area (Å²) in [7, 11) is 1.62. The van der Waals surface area contributed by atoms with Gasteiger partial charge in [0, 0.05) is 11.6 Å². The highest BCUT2D eigenvalue weighted by Gasteiger charge is 2.22. The van der Waals surface area contributed by atoms with Crippen LogP contribution < -0.4 is 19.4 Å². The highest BCUT2D eigenvalue weighted by Crippen LogP contribution is 2.30. The molecule has 6 nitrogen and oxygen atoms in total. The summed E-state index contributed by atoms with van der Waals surface area (Å²) in [5, 5.41) is 9.72. The topological polar surface area (TPSA) is 64.8 Å². The Kier molecular flexibility index (Phi) is 6.64. The smallest absolute Gasteiger partial charge is 0.341 e. The first kappa shape index (κ1) is 24.1. The first-order chi connectivity index (χ1) is 18.0. The average molecular weight is 494 g/mol. The van der Waals surface area contributed by atoms with Crippen LogP contribution in [0.15, 0.2) is 95.9 Å².